The maximum atomic E-state index is 13.5. The van der Waals surface area contributed by atoms with Crippen LogP contribution < -0.4 is 10.2 Å². The maximum Gasteiger partial charge on any atom is 0.261 e. The predicted molar refractivity (Wildman–Crippen MR) is 119 cm³/mol. The van der Waals surface area contributed by atoms with E-state index in [0.717, 1.165) is 12.8 Å². The van der Waals surface area contributed by atoms with Gasteiger partial charge in [0, 0.05) is 25.6 Å². The molecule has 0 spiro atoms. The quantitative estimate of drug-likeness (QED) is 0.478. The van der Waals surface area contributed by atoms with Crippen molar-refractivity contribution in [1.82, 2.24) is 14.7 Å². The Kier molecular flexibility index (Phi) is 7.48. The van der Waals surface area contributed by atoms with E-state index in [9.17, 15) is 19.0 Å². The molecule has 2 heterocycles. The van der Waals surface area contributed by atoms with E-state index < -0.39 is 22.9 Å². The lowest BCUT2D eigenvalue weighted by molar-refractivity contribution is -0.133. The van der Waals surface area contributed by atoms with E-state index >= 15 is 0 Å². The lowest BCUT2D eigenvalue weighted by Crippen LogP contribution is -2.53. The number of hydroxylamine groups is 1. The maximum absolute atomic E-state index is 13.5. The van der Waals surface area contributed by atoms with Crippen molar-refractivity contribution >= 4 is 22.8 Å². The third-order valence-electron chi connectivity index (χ3n) is 7.34. The molecule has 0 aromatic heterocycles. The summed E-state index contributed by atoms with van der Waals surface area (Å²) in [6, 6.07) is 6.03. The largest absolute Gasteiger partial charge is 0.497 e. The van der Waals surface area contributed by atoms with Gasteiger partial charge in [0.25, 0.3) is 5.91 Å². The fraction of sp³-hybridized carbons (Fsp3) is 0.652. The Hall–Kier alpha value is -1.97. The molecule has 176 valence electrons. The first-order valence-corrected chi connectivity index (χ1v) is 12.7. The Labute approximate surface area is 191 Å². The van der Waals surface area contributed by atoms with Crippen molar-refractivity contribution in [2.24, 2.45) is 11.8 Å². The molecule has 2 saturated heterocycles. The fourth-order valence-electron chi connectivity index (χ4n) is 5.53. The minimum Gasteiger partial charge on any atom is -0.497 e. The molecule has 4 unspecified atom stereocenters. The number of carbonyl (C=O) groups is 2. The van der Waals surface area contributed by atoms with Gasteiger partial charge in [-0.25, -0.2) is 14.0 Å². The number of fused-ring (bicyclic) bond motifs is 1. The number of likely N-dealkylation sites (tertiary alicyclic amines) is 1. The first-order valence-electron chi connectivity index (χ1n) is 11.6. The number of ether oxygens (including phenoxy) is 1. The molecule has 9 heteroatoms. The lowest BCUT2D eigenvalue weighted by atomic mass is 9.91. The Morgan fingerprint density at radius 2 is 1.91 bits per heavy atom. The zero-order valence-electron chi connectivity index (χ0n) is 18.6. The summed E-state index contributed by atoms with van der Waals surface area (Å²) in [6.45, 7) is 1.13. The highest BCUT2D eigenvalue weighted by Crippen LogP contribution is 2.39. The topological polar surface area (TPSA) is 99.2 Å². The molecule has 3 aliphatic rings. The van der Waals surface area contributed by atoms with E-state index in [1.807, 2.05) is 4.90 Å². The SMILES string of the molecule is COc1ccc(S(=O)N2C(C(=O)NO)CC3CCN(C(=O)CCC4CCCC4)CC32)cc1. The normalized spacial score (nSPS) is 27.2. The average Bonchev–Trinajstić information content (AvgIpc) is 3.49. The molecule has 8 nitrogen and oxygen atoms in total. The van der Waals surface area contributed by atoms with E-state index in [4.69, 9.17) is 4.74 Å². The Morgan fingerprint density at radius 3 is 2.56 bits per heavy atom. The highest BCUT2D eigenvalue weighted by Gasteiger charge is 2.50. The van der Waals surface area contributed by atoms with E-state index in [1.54, 1.807) is 41.2 Å². The average molecular weight is 464 g/mol. The fourth-order valence-corrected chi connectivity index (χ4v) is 7.04. The molecular formula is C23H33N3O5S. The summed E-state index contributed by atoms with van der Waals surface area (Å²) in [5.74, 6) is 1.07. The lowest BCUT2D eigenvalue weighted by Gasteiger charge is -2.38. The highest BCUT2D eigenvalue weighted by atomic mass is 32.2. The molecule has 0 bridgehead atoms. The van der Waals surface area contributed by atoms with Gasteiger partial charge in [0.1, 0.15) is 22.8 Å². The van der Waals surface area contributed by atoms with Gasteiger partial charge in [-0.2, -0.15) is 0 Å². The van der Waals surface area contributed by atoms with Gasteiger partial charge in [-0.1, -0.05) is 25.7 Å². The Morgan fingerprint density at radius 1 is 1.19 bits per heavy atom. The number of methoxy groups -OCH3 is 1. The van der Waals surface area contributed by atoms with Crippen LogP contribution in [0.2, 0.25) is 0 Å². The van der Waals surface area contributed by atoms with E-state index in [-0.39, 0.29) is 17.9 Å². The summed E-state index contributed by atoms with van der Waals surface area (Å²) in [6.07, 6.45) is 7.79. The second kappa shape index (κ2) is 10.3. The van der Waals surface area contributed by atoms with Crippen LogP contribution in [-0.4, -0.2) is 62.7 Å². The number of amides is 2. The van der Waals surface area contributed by atoms with Gasteiger partial charge >= 0.3 is 0 Å². The van der Waals surface area contributed by atoms with Crippen LogP contribution in [-0.2, 0) is 20.6 Å². The van der Waals surface area contributed by atoms with Gasteiger partial charge in [0.05, 0.1) is 12.0 Å². The predicted octanol–water partition coefficient (Wildman–Crippen LogP) is 2.48. The van der Waals surface area contributed by atoms with Crippen molar-refractivity contribution in [2.45, 2.75) is 68.3 Å². The van der Waals surface area contributed by atoms with E-state index in [0.29, 0.717) is 42.5 Å². The molecule has 1 aromatic carbocycles. The van der Waals surface area contributed by atoms with Crippen LogP contribution in [0.1, 0.15) is 51.4 Å². The van der Waals surface area contributed by atoms with Crippen LogP contribution in [0.4, 0.5) is 0 Å². The molecule has 1 aromatic rings. The third-order valence-corrected chi connectivity index (χ3v) is 8.92. The van der Waals surface area contributed by atoms with Gasteiger partial charge in [0.2, 0.25) is 5.91 Å². The van der Waals surface area contributed by atoms with Crippen LogP contribution in [0.15, 0.2) is 29.2 Å². The molecule has 3 fully saturated rings. The van der Waals surface area contributed by atoms with Crippen LogP contribution in [0.5, 0.6) is 5.75 Å². The molecule has 1 saturated carbocycles. The summed E-state index contributed by atoms with van der Waals surface area (Å²) in [5.41, 5.74) is 1.74. The molecule has 2 amide bonds. The zero-order valence-corrected chi connectivity index (χ0v) is 19.4. The van der Waals surface area contributed by atoms with E-state index in [1.165, 1.54) is 25.7 Å². The van der Waals surface area contributed by atoms with Crippen molar-refractivity contribution in [3.63, 3.8) is 0 Å². The number of nitrogens with one attached hydrogen (secondary N) is 1. The number of hydrogen-bond acceptors (Lipinski definition) is 5. The van der Waals surface area contributed by atoms with Gasteiger partial charge in [0.15, 0.2) is 0 Å². The number of carbonyl (C=O) groups excluding carboxylic acids is 2. The number of piperidine rings is 1. The van der Waals surface area contributed by atoms with Gasteiger partial charge < -0.3 is 9.64 Å². The zero-order chi connectivity index (χ0) is 22.7. The number of nitrogens with zero attached hydrogens (tertiary/aromatic N) is 2. The number of benzene rings is 1. The third kappa shape index (κ3) is 4.84. The minimum absolute atomic E-state index is 0.151. The monoisotopic (exact) mass is 463 g/mol. The molecule has 1 aliphatic carbocycles. The van der Waals surface area contributed by atoms with Crippen molar-refractivity contribution in [1.29, 1.82) is 0 Å². The molecule has 4 rings (SSSR count). The van der Waals surface area contributed by atoms with Gasteiger partial charge in [-0.05, 0) is 55.4 Å². The first-order chi connectivity index (χ1) is 15.5. The molecule has 0 radical (unpaired) electrons. The molecular weight excluding hydrogens is 430 g/mol. The van der Waals surface area contributed by atoms with Crippen molar-refractivity contribution in [2.75, 3.05) is 20.2 Å². The van der Waals surface area contributed by atoms with Gasteiger partial charge in [-0.15, -0.1) is 0 Å². The Bertz CT molecular complexity index is 843. The Balaban J connectivity index is 1.49. The van der Waals surface area contributed by atoms with Crippen LogP contribution in [0, 0.1) is 11.8 Å². The van der Waals surface area contributed by atoms with Crippen LogP contribution >= 0.6 is 0 Å². The molecule has 2 N–H and O–H groups in total. The van der Waals surface area contributed by atoms with Gasteiger partial charge in [-0.3, -0.25) is 14.8 Å². The van der Waals surface area contributed by atoms with E-state index in [2.05, 4.69) is 0 Å². The smallest absolute Gasteiger partial charge is 0.261 e. The standard InChI is InChI=1S/C23H33N3O5S/c1-31-18-7-9-19(10-8-18)32(30)26-20(23(28)24-29)14-17-12-13-25(15-21(17)26)22(27)11-6-16-4-2-3-5-16/h7-10,16-17,20-21,29H,2-6,11-15H2,1H3,(H,24,28). The second-order valence-corrected chi connectivity index (χ2v) is 10.5. The summed E-state index contributed by atoms with van der Waals surface area (Å²) in [7, 11) is -0.0371. The summed E-state index contributed by atoms with van der Waals surface area (Å²) >= 11 is 0. The summed E-state index contributed by atoms with van der Waals surface area (Å²) in [4.78, 5) is 27.8. The molecule has 32 heavy (non-hydrogen) atoms. The molecule has 2 aliphatic heterocycles. The number of hydrogen-bond donors (Lipinski definition) is 2. The van der Waals surface area contributed by atoms with Crippen molar-refractivity contribution < 1.29 is 23.7 Å². The highest BCUT2D eigenvalue weighted by molar-refractivity contribution is 7.82. The van der Waals surface area contributed by atoms with Crippen molar-refractivity contribution in [3.8, 4) is 5.75 Å². The summed E-state index contributed by atoms with van der Waals surface area (Å²) in [5, 5.41) is 9.27. The van der Waals surface area contributed by atoms with Crippen LogP contribution in [0.3, 0.4) is 0 Å². The molecule has 4 atom stereocenters. The van der Waals surface area contributed by atoms with Crippen LogP contribution in [0.25, 0.3) is 0 Å². The van der Waals surface area contributed by atoms with Crippen molar-refractivity contribution in [3.05, 3.63) is 24.3 Å². The first kappa shape index (κ1) is 23.2. The minimum atomic E-state index is -1.61. The second-order valence-electron chi connectivity index (χ2n) is 9.16. The summed E-state index contributed by atoms with van der Waals surface area (Å²) < 4.78 is 20.4. The number of rotatable bonds is 7.